The predicted molar refractivity (Wildman–Crippen MR) is 101 cm³/mol. The molecule has 1 aliphatic heterocycles. The van der Waals surface area contributed by atoms with Crippen LogP contribution in [0, 0.1) is 0 Å². The Morgan fingerprint density at radius 1 is 1.11 bits per heavy atom. The molecule has 138 valence electrons. The number of H-pyrrole nitrogens is 1. The third kappa shape index (κ3) is 4.02. The summed E-state index contributed by atoms with van der Waals surface area (Å²) < 4.78 is 0. The highest BCUT2D eigenvalue weighted by Crippen LogP contribution is 2.36. The number of benzene rings is 2. The first-order valence-corrected chi connectivity index (χ1v) is 8.49. The molecule has 0 saturated heterocycles. The van der Waals surface area contributed by atoms with E-state index in [-0.39, 0.29) is 29.9 Å². The quantitative estimate of drug-likeness (QED) is 0.523. The normalized spacial score (nSPS) is 12.3. The molecule has 0 unspecified atom stereocenters. The van der Waals surface area contributed by atoms with E-state index in [4.69, 9.17) is 0 Å². The average Bonchev–Trinajstić information content (AvgIpc) is 3.00. The number of nitrogens with zero attached hydrogens (tertiary/aromatic N) is 3. The summed E-state index contributed by atoms with van der Waals surface area (Å²) in [4.78, 5) is 24.4. The van der Waals surface area contributed by atoms with Gasteiger partial charge in [-0.3, -0.25) is 15.0 Å². The van der Waals surface area contributed by atoms with Gasteiger partial charge >= 0.3 is 0 Å². The van der Waals surface area contributed by atoms with E-state index in [1.54, 1.807) is 18.5 Å². The monoisotopic (exact) mass is 473 g/mol. The molecule has 2 N–H and O–H groups in total. The molecule has 0 saturated carbocycles. The van der Waals surface area contributed by atoms with Crippen LogP contribution in [0.15, 0.2) is 67.0 Å². The number of nitrogens with one attached hydrogen (secondary N) is 2. The second kappa shape index (κ2) is 8.34. The third-order valence-electron chi connectivity index (χ3n) is 4.41. The molecular formula is C20H20IN5O. The van der Waals surface area contributed by atoms with Crippen LogP contribution in [0.5, 0.6) is 0 Å². The van der Waals surface area contributed by atoms with Crippen LogP contribution in [-0.4, -0.2) is 24.6 Å². The minimum Gasteiger partial charge on any atom is -1.00 e. The van der Waals surface area contributed by atoms with Gasteiger partial charge in [-0.25, -0.2) is 4.98 Å². The number of aromatic nitrogens is 2. The van der Waals surface area contributed by atoms with Crippen LogP contribution < -0.4 is 44.1 Å². The maximum atomic E-state index is 12.5. The Bertz CT molecular complexity index is 920. The van der Waals surface area contributed by atoms with Crippen molar-refractivity contribution in [1.29, 1.82) is 0 Å². The van der Waals surface area contributed by atoms with E-state index < -0.39 is 0 Å². The minimum absolute atomic E-state index is 0. The lowest BCUT2D eigenvalue weighted by atomic mass is 10.2. The summed E-state index contributed by atoms with van der Waals surface area (Å²) in [5, 5.41) is 2.94. The van der Waals surface area contributed by atoms with Crippen molar-refractivity contribution in [3.8, 4) is 0 Å². The van der Waals surface area contributed by atoms with Gasteiger partial charge in [-0.15, -0.1) is 0 Å². The van der Waals surface area contributed by atoms with E-state index in [0.29, 0.717) is 11.4 Å². The summed E-state index contributed by atoms with van der Waals surface area (Å²) in [7, 11) is 2.00. The van der Waals surface area contributed by atoms with Crippen molar-refractivity contribution in [2.75, 3.05) is 28.8 Å². The molecule has 0 fully saturated rings. The standard InChI is InChI=1S/C20H19N5O.HI/c1-24-14-25(12-15-8-4-2-5-9-15)19-17(24)18(21-13-22-19)23-20(26)16-10-6-3-7-11-16;/h2-11,13H,12,14H2,1H3,(H,21,22,23,26);1H. The Morgan fingerprint density at radius 3 is 2.48 bits per heavy atom. The Morgan fingerprint density at radius 2 is 1.78 bits per heavy atom. The molecule has 1 aromatic heterocycles. The Labute approximate surface area is 175 Å². The van der Waals surface area contributed by atoms with Gasteiger partial charge < -0.3 is 28.9 Å². The van der Waals surface area contributed by atoms with Gasteiger partial charge in [0.05, 0.1) is 6.54 Å². The van der Waals surface area contributed by atoms with Crippen LogP contribution in [0.3, 0.4) is 0 Å². The van der Waals surface area contributed by atoms with E-state index in [1.807, 2.05) is 43.4 Å². The number of halogens is 1. The first-order valence-electron chi connectivity index (χ1n) is 8.49. The van der Waals surface area contributed by atoms with E-state index in [9.17, 15) is 4.79 Å². The summed E-state index contributed by atoms with van der Waals surface area (Å²) in [6, 6.07) is 19.5. The maximum Gasteiger partial charge on any atom is 0.257 e. The van der Waals surface area contributed by atoms with Gasteiger partial charge in [0.2, 0.25) is 12.1 Å². The van der Waals surface area contributed by atoms with Gasteiger partial charge in [0.25, 0.3) is 11.7 Å². The molecule has 2 heterocycles. The number of anilines is 3. The summed E-state index contributed by atoms with van der Waals surface area (Å²) in [6.45, 7) is 1.51. The number of hydrogen-bond donors (Lipinski definition) is 1. The van der Waals surface area contributed by atoms with Gasteiger partial charge in [0.15, 0.2) is 5.69 Å². The van der Waals surface area contributed by atoms with Crippen LogP contribution in [-0.2, 0) is 6.54 Å². The van der Waals surface area contributed by atoms with Gasteiger partial charge in [0, 0.05) is 12.6 Å². The molecule has 1 aliphatic rings. The summed E-state index contributed by atoms with van der Waals surface area (Å²) in [6.07, 6.45) is 1.62. The SMILES string of the molecule is CN1CN(Cc2ccccc2)c2[nH+]cnc(NC(=O)c3ccccc3)c21.[I-]. The Balaban J connectivity index is 0.00000210. The van der Waals surface area contributed by atoms with Crippen LogP contribution in [0.1, 0.15) is 15.9 Å². The molecule has 1 amide bonds. The van der Waals surface area contributed by atoms with Gasteiger partial charge in [-0.2, -0.15) is 0 Å². The molecule has 0 spiro atoms. The zero-order valence-electron chi connectivity index (χ0n) is 14.9. The summed E-state index contributed by atoms with van der Waals surface area (Å²) >= 11 is 0. The molecule has 0 radical (unpaired) electrons. The number of amides is 1. The topological polar surface area (TPSA) is 62.6 Å². The van der Waals surface area contributed by atoms with Gasteiger partial charge in [-0.05, 0) is 17.7 Å². The van der Waals surface area contributed by atoms with Crippen LogP contribution >= 0.6 is 0 Å². The first-order chi connectivity index (χ1) is 12.7. The zero-order chi connectivity index (χ0) is 17.9. The molecule has 27 heavy (non-hydrogen) atoms. The molecule has 0 bridgehead atoms. The third-order valence-corrected chi connectivity index (χ3v) is 4.41. The maximum absolute atomic E-state index is 12.5. The number of carbonyl (C=O) groups excluding carboxylic acids is 1. The van der Waals surface area contributed by atoms with E-state index in [1.165, 1.54) is 5.56 Å². The fourth-order valence-corrected chi connectivity index (χ4v) is 3.19. The van der Waals surface area contributed by atoms with Crippen molar-refractivity contribution in [2.24, 2.45) is 0 Å². The van der Waals surface area contributed by atoms with Crippen LogP contribution in [0.25, 0.3) is 0 Å². The van der Waals surface area contributed by atoms with Crippen molar-refractivity contribution >= 4 is 23.2 Å². The average molecular weight is 473 g/mol. The van der Waals surface area contributed by atoms with Gasteiger partial charge in [-0.1, -0.05) is 53.5 Å². The minimum atomic E-state index is -0.165. The fourth-order valence-electron chi connectivity index (χ4n) is 3.19. The highest BCUT2D eigenvalue weighted by atomic mass is 127. The largest absolute Gasteiger partial charge is 1.00 e. The van der Waals surface area contributed by atoms with Crippen molar-refractivity contribution in [3.63, 3.8) is 0 Å². The lowest BCUT2D eigenvalue weighted by Crippen LogP contribution is -3.00. The first kappa shape index (κ1) is 19.1. The molecular weight excluding hydrogens is 453 g/mol. The number of rotatable bonds is 4. The lowest BCUT2D eigenvalue weighted by Gasteiger charge is -2.13. The van der Waals surface area contributed by atoms with Gasteiger partial charge in [0.1, 0.15) is 6.67 Å². The lowest BCUT2D eigenvalue weighted by molar-refractivity contribution is -0.367. The van der Waals surface area contributed by atoms with Crippen molar-refractivity contribution in [3.05, 3.63) is 78.1 Å². The number of hydrogen-bond acceptors (Lipinski definition) is 4. The number of carbonyl (C=O) groups is 1. The number of aromatic amines is 1. The molecule has 0 aliphatic carbocycles. The molecule has 3 aromatic rings. The van der Waals surface area contributed by atoms with E-state index >= 15 is 0 Å². The fraction of sp³-hybridized carbons (Fsp3) is 0.150. The number of fused-ring (bicyclic) bond motifs is 1. The Hall–Kier alpha value is -2.68. The molecule has 7 heteroatoms. The predicted octanol–water partition coefficient (Wildman–Crippen LogP) is -0.434. The highest BCUT2D eigenvalue weighted by Gasteiger charge is 2.34. The second-order valence-corrected chi connectivity index (χ2v) is 6.29. The summed E-state index contributed by atoms with van der Waals surface area (Å²) in [5.41, 5.74) is 2.74. The van der Waals surface area contributed by atoms with E-state index in [2.05, 4.69) is 37.2 Å². The highest BCUT2D eigenvalue weighted by molar-refractivity contribution is 6.06. The molecule has 0 atom stereocenters. The molecule has 2 aromatic carbocycles. The van der Waals surface area contributed by atoms with E-state index in [0.717, 1.165) is 24.7 Å². The second-order valence-electron chi connectivity index (χ2n) is 6.29. The summed E-state index contributed by atoms with van der Waals surface area (Å²) in [5.74, 6) is 1.35. The Kier molecular flexibility index (Phi) is 5.90. The van der Waals surface area contributed by atoms with Crippen molar-refractivity contribution < 1.29 is 33.8 Å². The molecule has 4 rings (SSSR count). The van der Waals surface area contributed by atoms with Crippen molar-refractivity contribution in [2.45, 2.75) is 6.54 Å². The van der Waals surface area contributed by atoms with Crippen LogP contribution in [0.4, 0.5) is 17.3 Å². The van der Waals surface area contributed by atoms with Crippen molar-refractivity contribution in [1.82, 2.24) is 4.98 Å². The zero-order valence-corrected chi connectivity index (χ0v) is 17.1. The van der Waals surface area contributed by atoms with Crippen LogP contribution in [0.2, 0.25) is 0 Å². The molecule has 6 nitrogen and oxygen atoms in total. The smallest absolute Gasteiger partial charge is 0.257 e.